The molecule has 39 heavy (non-hydrogen) atoms. The summed E-state index contributed by atoms with van der Waals surface area (Å²) in [4.78, 5) is 30.0. The van der Waals surface area contributed by atoms with E-state index in [1.807, 2.05) is 17.0 Å². The van der Waals surface area contributed by atoms with E-state index in [9.17, 15) is 13.6 Å². The second-order valence-electron chi connectivity index (χ2n) is 11.3. The summed E-state index contributed by atoms with van der Waals surface area (Å²) in [5.74, 6) is 0.522. The summed E-state index contributed by atoms with van der Waals surface area (Å²) in [6, 6.07) is 11.3. The molecule has 3 saturated heterocycles. The molecular weight excluding hydrogens is 500 g/mol. The van der Waals surface area contributed by atoms with Gasteiger partial charge in [-0.15, -0.1) is 0 Å². The highest BCUT2D eigenvalue weighted by molar-refractivity contribution is 5.92. The molecule has 0 bridgehead atoms. The molecule has 1 aromatic heterocycles. The third-order valence-corrected chi connectivity index (χ3v) is 8.59. The second-order valence-corrected chi connectivity index (χ2v) is 11.3. The van der Waals surface area contributed by atoms with Crippen molar-refractivity contribution < 1.29 is 13.6 Å². The molecule has 1 atom stereocenters. The number of rotatable bonds is 5. The maximum atomic E-state index is 13.8. The number of nitrogens with one attached hydrogen (secondary N) is 1. The van der Waals surface area contributed by atoms with E-state index < -0.39 is 6.43 Å². The van der Waals surface area contributed by atoms with Crippen molar-refractivity contribution >= 4 is 39.8 Å². The fourth-order valence-corrected chi connectivity index (χ4v) is 6.20. The number of carbonyl (C=O) groups excluding carboxylic acids is 1. The zero-order valence-electron chi connectivity index (χ0n) is 22.5. The van der Waals surface area contributed by atoms with Crippen LogP contribution in [0.5, 0.6) is 0 Å². The molecule has 3 aliphatic heterocycles. The topological polar surface area (TPSA) is 67.8 Å². The van der Waals surface area contributed by atoms with Crippen LogP contribution in [0.25, 0.3) is 10.9 Å². The molecule has 1 N–H and O–H groups in total. The Morgan fingerprint density at radius 2 is 1.72 bits per heavy atom. The van der Waals surface area contributed by atoms with Crippen molar-refractivity contribution in [1.82, 2.24) is 19.8 Å². The number of amides is 1. The fraction of sp³-hybridized carbons (Fsp3) is 0.483. The monoisotopic (exact) mass is 535 g/mol. The van der Waals surface area contributed by atoms with Gasteiger partial charge in [-0.3, -0.25) is 4.79 Å². The van der Waals surface area contributed by atoms with Crippen molar-refractivity contribution in [3.63, 3.8) is 0 Å². The van der Waals surface area contributed by atoms with E-state index in [4.69, 9.17) is 4.98 Å². The van der Waals surface area contributed by atoms with Crippen molar-refractivity contribution in [3.05, 3.63) is 48.2 Å². The van der Waals surface area contributed by atoms with E-state index >= 15 is 0 Å². The Hall–Kier alpha value is -3.53. The number of anilines is 4. The van der Waals surface area contributed by atoms with Crippen LogP contribution in [0.15, 0.2) is 42.6 Å². The molecule has 4 heterocycles. The molecule has 1 spiro atoms. The van der Waals surface area contributed by atoms with E-state index in [-0.39, 0.29) is 16.9 Å². The molecule has 10 heteroatoms. The number of nitrogens with zero attached hydrogens (tertiary/aromatic N) is 6. The molecule has 6 rings (SSSR count). The number of likely N-dealkylation sites (N-methyl/N-ethyl adjacent to an activating group) is 1. The summed E-state index contributed by atoms with van der Waals surface area (Å²) in [7, 11) is 2.14. The molecule has 0 radical (unpaired) electrons. The van der Waals surface area contributed by atoms with Crippen molar-refractivity contribution in [3.8, 4) is 0 Å². The van der Waals surface area contributed by atoms with Crippen molar-refractivity contribution in [2.45, 2.75) is 26.2 Å². The van der Waals surface area contributed by atoms with Gasteiger partial charge in [0.25, 0.3) is 6.43 Å². The Labute approximate surface area is 227 Å². The number of benzene rings is 2. The fourth-order valence-electron chi connectivity index (χ4n) is 6.20. The van der Waals surface area contributed by atoms with Crippen LogP contribution in [0.1, 0.15) is 31.8 Å². The van der Waals surface area contributed by atoms with Gasteiger partial charge >= 0.3 is 0 Å². The molecule has 1 unspecified atom stereocenters. The maximum absolute atomic E-state index is 13.8. The molecule has 0 aliphatic carbocycles. The lowest BCUT2D eigenvalue weighted by atomic mass is 9.86. The minimum atomic E-state index is -2.58. The molecule has 3 fully saturated rings. The van der Waals surface area contributed by atoms with Gasteiger partial charge in [0.2, 0.25) is 11.9 Å². The van der Waals surface area contributed by atoms with Crippen LogP contribution in [-0.2, 0) is 4.79 Å². The molecule has 206 valence electrons. The molecule has 8 nitrogen and oxygen atoms in total. The third-order valence-electron chi connectivity index (χ3n) is 8.59. The van der Waals surface area contributed by atoms with E-state index in [0.717, 1.165) is 70.9 Å². The maximum Gasteiger partial charge on any atom is 0.263 e. The van der Waals surface area contributed by atoms with Crippen LogP contribution in [0.4, 0.5) is 31.8 Å². The predicted molar refractivity (Wildman–Crippen MR) is 150 cm³/mol. The van der Waals surface area contributed by atoms with Crippen LogP contribution in [0.2, 0.25) is 0 Å². The van der Waals surface area contributed by atoms with Gasteiger partial charge in [0.1, 0.15) is 0 Å². The lowest BCUT2D eigenvalue weighted by Gasteiger charge is -2.34. The summed E-state index contributed by atoms with van der Waals surface area (Å²) in [5.41, 5.74) is 3.39. The SMILES string of the molecule is CC(=O)N1CCC2(CCN(c3cc(C(F)F)cc4cnc(Nc5ccc(N6CCN(C)CC6)cc5)nc34)C2)C1. The van der Waals surface area contributed by atoms with Gasteiger partial charge in [-0.05, 0) is 56.3 Å². The molecule has 0 saturated carbocycles. The first-order chi connectivity index (χ1) is 18.8. The summed E-state index contributed by atoms with van der Waals surface area (Å²) >= 11 is 0. The first-order valence-electron chi connectivity index (χ1n) is 13.7. The second kappa shape index (κ2) is 10.2. The summed E-state index contributed by atoms with van der Waals surface area (Å²) in [5, 5.41) is 3.89. The molecule has 3 aliphatic rings. The molecule has 2 aromatic carbocycles. The average molecular weight is 536 g/mol. The Bertz CT molecular complexity index is 1360. The van der Waals surface area contributed by atoms with Crippen LogP contribution >= 0.6 is 0 Å². The van der Waals surface area contributed by atoms with Crippen LogP contribution < -0.4 is 15.1 Å². The van der Waals surface area contributed by atoms with Crippen LogP contribution in [-0.4, -0.2) is 85.1 Å². The first kappa shape index (κ1) is 25.7. The highest BCUT2D eigenvalue weighted by Crippen LogP contribution is 2.43. The normalized spacial score (nSPS) is 22.0. The zero-order valence-corrected chi connectivity index (χ0v) is 22.5. The number of hydrogen-bond acceptors (Lipinski definition) is 7. The van der Waals surface area contributed by atoms with Gasteiger partial charge in [0.15, 0.2) is 0 Å². The summed E-state index contributed by atoms with van der Waals surface area (Å²) in [6.07, 6.45) is 0.896. The highest BCUT2D eigenvalue weighted by atomic mass is 19.3. The standard InChI is InChI=1S/C29H35F2N7O/c1-20(39)37-9-7-29(18-37)8-10-38(19-29)25-16-21(27(30)31)15-22-17-32-28(34-26(22)25)33-23-3-5-24(6-4-23)36-13-11-35(2)12-14-36/h3-6,15-17,27H,7-14,18-19H2,1-2H3,(H,32,33,34). The van der Waals surface area contributed by atoms with Crippen molar-refractivity contribution in [2.75, 3.05) is 74.5 Å². The smallest absolute Gasteiger partial charge is 0.263 e. The van der Waals surface area contributed by atoms with Gasteiger partial charge in [-0.25, -0.2) is 18.7 Å². The van der Waals surface area contributed by atoms with E-state index in [0.29, 0.717) is 22.5 Å². The van der Waals surface area contributed by atoms with Crippen LogP contribution in [0.3, 0.4) is 0 Å². The van der Waals surface area contributed by atoms with Gasteiger partial charge in [-0.2, -0.15) is 0 Å². The number of aromatic nitrogens is 2. The minimum absolute atomic E-state index is 0.00153. The largest absolute Gasteiger partial charge is 0.369 e. The number of likely N-dealkylation sites (tertiary alicyclic amines) is 1. The minimum Gasteiger partial charge on any atom is -0.369 e. The zero-order chi connectivity index (χ0) is 27.1. The highest BCUT2D eigenvalue weighted by Gasteiger charge is 2.44. The predicted octanol–water partition coefficient (Wildman–Crippen LogP) is 4.51. The summed E-state index contributed by atoms with van der Waals surface area (Å²) < 4.78 is 27.7. The first-order valence-corrected chi connectivity index (χ1v) is 13.7. The van der Waals surface area contributed by atoms with Gasteiger partial charge < -0.3 is 24.9 Å². The lowest BCUT2D eigenvalue weighted by molar-refractivity contribution is -0.128. The lowest BCUT2D eigenvalue weighted by Crippen LogP contribution is -2.44. The molecule has 3 aromatic rings. The third kappa shape index (κ3) is 5.22. The van der Waals surface area contributed by atoms with Gasteiger partial charge in [-0.1, -0.05) is 0 Å². The number of fused-ring (bicyclic) bond motifs is 1. The Morgan fingerprint density at radius 1 is 0.974 bits per heavy atom. The van der Waals surface area contributed by atoms with E-state index in [2.05, 4.69) is 44.2 Å². The number of hydrogen-bond donors (Lipinski definition) is 1. The quantitative estimate of drug-likeness (QED) is 0.516. The summed E-state index contributed by atoms with van der Waals surface area (Å²) in [6.45, 7) is 8.66. The van der Waals surface area contributed by atoms with E-state index in [1.165, 1.54) is 11.8 Å². The number of piperazine rings is 1. The van der Waals surface area contributed by atoms with E-state index in [1.54, 1.807) is 19.2 Å². The average Bonchev–Trinajstić information content (AvgIpc) is 3.55. The Morgan fingerprint density at radius 3 is 2.41 bits per heavy atom. The van der Waals surface area contributed by atoms with Gasteiger partial charge in [0.05, 0.1) is 11.2 Å². The van der Waals surface area contributed by atoms with Crippen molar-refractivity contribution in [1.29, 1.82) is 0 Å². The van der Waals surface area contributed by atoms with Gasteiger partial charge in [0, 0.05) is 93.2 Å². The number of alkyl halides is 2. The molecule has 1 amide bonds. The Balaban J connectivity index is 1.25. The van der Waals surface area contributed by atoms with Crippen LogP contribution in [0, 0.1) is 5.41 Å². The number of halogens is 2. The number of carbonyl (C=O) groups is 1. The van der Waals surface area contributed by atoms with Crippen molar-refractivity contribution in [2.24, 2.45) is 5.41 Å². The molecular formula is C29H35F2N7O. The Kier molecular flexibility index (Phi) is 6.74.